The molecule has 162 valence electrons. The Morgan fingerprint density at radius 1 is 0.875 bits per heavy atom. The van der Waals surface area contributed by atoms with Gasteiger partial charge < -0.3 is 10.1 Å². The van der Waals surface area contributed by atoms with Crippen LogP contribution in [0, 0.1) is 12.8 Å². The molecule has 0 radical (unpaired) electrons. The van der Waals surface area contributed by atoms with Gasteiger partial charge in [-0.1, -0.05) is 56.3 Å². The van der Waals surface area contributed by atoms with E-state index in [2.05, 4.69) is 19.2 Å². The molecule has 4 rings (SSSR count). The predicted molar refractivity (Wildman–Crippen MR) is 127 cm³/mol. The van der Waals surface area contributed by atoms with Gasteiger partial charge in [-0.05, 0) is 60.4 Å². The van der Waals surface area contributed by atoms with Gasteiger partial charge in [0, 0.05) is 5.69 Å². The highest BCUT2D eigenvalue weighted by Crippen LogP contribution is 2.34. The van der Waals surface area contributed by atoms with Crippen molar-refractivity contribution in [3.63, 3.8) is 0 Å². The Kier molecular flexibility index (Phi) is 6.08. The molecule has 0 bridgehead atoms. The molecule has 0 unspecified atom stereocenters. The minimum Gasteiger partial charge on any atom is -0.493 e. The van der Waals surface area contributed by atoms with Crippen molar-refractivity contribution in [2.75, 3.05) is 16.8 Å². The van der Waals surface area contributed by atoms with Crippen molar-refractivity contribution >= 4 is 28.8 Å². The Balaban J connectivity index is 1.73. The SMILES string of the molecule is Cc1cccc(NC2=C(c3ccc(OCC(C)C)cc3)C(=O)N(c3ccccc3)C2=O)c1. The van der Waals surface area contributed by atoms with Crippen LogP contribution in [-0.4, -0.2) is 18.4 Å². The lowest BCUT2D eigenvalue weighted by molar-refractivity contribution is -0.120. The number of nitrogens with one attached hydrogen (secondary N) is 1. The molecule has 5 nitrogen and oxygen atoms in total. The lowest BCUT2D eigenvalue weighted by atomic mass is 10.0. The van der Waals surface area contributed by atoms with Crippen LogP contribution in [0.1, 0.15) is 25.0 Å². The monoisotopic (exact) mass is 426 g/mol. The van der Waals surface area contributed by atoms with Crippen molar-refractivity contribution in [1.29, 1.82) is 0 Å². The van der Waals surface area contributed by atoms with E-state index in [1.807, 2.05) is 73.7 Å². The molecule has 3 aromatic carbocycles. The maximum absolute atomic E-state index is 13.5. The summed E-state index contributed by atoms with van der Waals surface area (Å²) in [5.41, 5.74) is 3.62. The lowest BCUT2D eigenvalue weighted by Crippen LogP contribution is -2.32. The quantitative estimate of drug-likeness (QED) is 0.512. The highest BCUT2D eigenvalue weighted by molar-refractivity contribution is 6.46. The van der Waals surface area contributed by atoms with Crippen LogP contribution >= 0.6 is 0 Å². The number of hydrogen-bond donors (Lipinski definition) is 1. The summed E-state index contributed by atoms with van der Waals surface area (Å²) in [6, 6.07) is 24.0. The molecular formula is C27H26N2O3. The topological polar surface area (TPSA) is 58.6 Å². The fourth-order valence-electron chi connectivity index (χ4n) is 3.57. The molecule has 0 aromatic heterocycles. The Labute approximate surface area is 188 Å². The molecule has 1 aliphatic heterocycles. The van der Waals surface area contributed by atoms with Gasteiger partial charge in [0.15, 0.2) is 0 Å². The van der Waals surface area contributed by atoms with E-state index >= 15 is 0 Å². The van der Waals surface area contributed by atoms with Gasteiger partial charge >= 0.3 is 0 Å². The first-order chi connectivity index (χ1) is 15.4. The maximum atomic E-state index is 13.5. The van der Waals surface area contributed by atoms with Gasteiger partial charge in [-0.15, -0.1) is 0 Å². The summed E-state index contributed by atoms with van der Waals surface area (Å²) in [5.74, 6) is 0.411. The van der Waals surface area contributed by atoms with Crippen LogP contribution in [-0.2, 0) is 9.59 Å². The van der Waals surface area contributed by atoms with Crippen LogP contribution in [0.3, 0.4) is 0 Å². The molecule has 2 amide bonds. The second-order valence-electron chi connectivity index (χ2n) is 8.25. The van der Waals surface area contributed by atoms with Crippen LogP contribution < -0.4 is 15.0 Å². The number of nitrogens with zero attached hydrogens (tertiary/aromatic N) is 1. The summed E-state index contributed by atoms with van der Waals surface area (Å²) < 4.78 is 5.77. The van der Waals surface area contributed by atoms with E-state index in [1.54, 1.807) is 12.1 Å². The fraction of sp³-hybridized carbons (Fsp3) is 0.185. The number of benzene rings is 3. The Bertz CT molecular complexity index is 1170. The van der Waals surface area contributed by atoms with E-state index < -0.39 is 0 Å². The van der Waals surface area contributed by atoms with Crippen LogP contribution in [0.25, 0.3) is 5.57 Å². The van der Waals surface area contributed by atoms with Crippen LogP contribution in [0.2, 0.25) is 0 Å². The number of anilines is 2. The molecule has 1 heterocycles. The minimum atomic E-state index is -0.377. The second kappa shape index (κ2) is 9.10. The third kappa shape index (κ3) is 4.42. The van der Waals surface area contributed by atoms with Crippen molar-refractivity contribution in [2.45, 2.75) is 20.8 Å². The summed E-state index contributed by atoms with van der Waals surface area (Å²) in [6.45, 7) is 6.77. The van der Waals surface area contributed by atoms with E-state index in [9.17, 15) is 9.59 Å². The van der Waals surface area contributed by atoms with Gasteiger partial charge in [0.25, 0.3) is 11.8 Å². The predicted octanol–water partition coefficient (Wildman–Crippen LogP) is 5.43. The number of aryl methyl sites for hydroxylation is 1. The van der Waals surface area contributed by atoms with Crippen molar-refractivity contribution in [3.8, 4) is 5.75 Å². The summed E-state index contributed by atoms with van der Waals surface area (Å²) in [6.07, 6.45) is 0. The number of carbonyl (C=O) groups excluding carboxylic acids is 2. The zero-order valence-electron chi connectivity index (χ0n) is 18.5. The average Bonchev–Trinajstić information content (AvgIpc) is 3.02. The van der Waals surface area contributed by atoms with Crippen LogP contribution in [0.5, 0.6) is 5.75 Å². The zero-order valence-corrected chi connectivity index (χ0v) is 18.5. The third-order valence-electron chi connectivity index (χ3n) is 5.11. The number of amides is 2. The number of hydrogen-bond acceptors (Lipinski definition) is 4. The molecule has 0 saturated heterocycles. The standard InChI is InChI=1S/C27H26N2O3/c1-18(2)17-32-23-14-12-20(13-15-23)24-25(28-21-9-7-8-19(3)16-21)27(31)29(26(24)30)22-10-5-4-6-11-22/h4-16,18,28H,17H2,1-3H3. The molecule has 0 atom stereocenters. The fourth-order valence-corrected chi connectivity index (χ4v) is 3.57. The summed E-state index contributed by atoms with van der Waals surface area (Å²) in [4.78, 5) is 28.1. The van der Waals surface area contributed by atoms with Crippen molar-refractivity contribution in [3.05, 3.63) is 95.7 Å². The van der Waals surface area contributed by atoms with E-state index in [-0.39, 0.29) is 17.5 Å². The van der Waals surface area contributed by atoms with Gasteiger partial charge in [-0.3, -0.25) is 9.59 Å². The summed E-state index contributed by atoms with van der Waals surface area (Å²) in [7, 11) is 0. The molecule has 1 aliphatic rings. The number of imide groups is 1. The highest BCUT2D eigenvalue weighted by Gasteiger charge is 2.40. The molecule has 0 spiro atoms. The summed E-state index contributed by atoms with van der Waals surface area (Å²) in [5, 5.41) is 3.20. The molecule has 0 fully saturated rings. The van der Waals surface area contributed by atoms with Crippen molar-refractivity contribution < 1.29 is 14.3 Å². The minimum absolute atomic E-state index is 0.264. The van der Waals surface area contributed by atoms with E-state index in [0.29, 0.717) is 29.3 Å². The normalized spacial score (nSPS) is 13.8. The third-order valence-corrected chi connectivity index (χ3v) is 5.11. The molecule has 0 saturated carbocycles. The Morgan fingerprint density at radius 3 is 2.25 bits per heavy atom. The van der Waals surface area contributed by atoms with Crippen molar-refractivity contribution in [2.24, 2.45) is 5.92 Å². The number of rotatable bonds is 7. The van der Waals surface area contributed by atoms with Gasteiger partial charge in [-0.25, -0.2) is 4.90 Å². The molecule has 0 aliphatic carbocycles. The van der Waals surface area contributed by atoms with E-state index in [4.69, 9.17) is 4.74 Å². The Morgan fingerprint density at radius 2 is 1.59 bits per heavy atom. The zero-order chi connectivity index (χ0) is 22.7. The first-order valence-corrected chi connectivity index (χ1v) is 10.7. The van der Waals surface area contributed by atoms with Crippen LogP contribution in [0.15, 0.2) is 84.6 Å². The number of ether oxygens (including phenoxy) is 1. The van der Waals surface area contributed by atoms with Crippen LogP contribution in [0.4, 0.5) is 11.4 Å². The average molecular weight is 427 g/mol. The molecular weight excluding hydrogens is 400 g/mol. The van der Waals surface area contributed by atoms with Gasteiger partial charge in [0.05, 0.1) is 17.9 Å². The first kappa shape index (κ1) is 21.4. The smallest absolute Gasteiger partial charge is 0.282 e. The summed E-state index contributed by atoms with van der Waals surface area (Å²) >= 11 is 0. The van der Waals surface area contributed by atoms with E-state index in [1.165, 1.54) is 4.90 Å². The Hall–Kier alpha value is -3.86. The largest absolute Gasteiger partial charge is 0.493 e. The van der Waals surface area contributed by atoms with Gasteiger partial charge in [0.1, 0.15) is 11.4 Å². The molecule has 5 heteroatoms. The maximum Gasteiger partial charge on any atom is 0.282 e. The number of para-hydroxylation sites is 1. The van der Waals surface area contributed by atoms with Crippen molar-refractivity contribution in [1.82, 2.24) is 0 Å². The second-order valence-corrected chi connectivity index (χ2v) is 8.25. The molecule has 1 N–H and O–H groups in total. The molecule has 3 aromatic rings. The molecule has 32 heavy (non-hydrogen) atoms. The first-order valence-electron chi connectivity index (χ1n) is 10.7. The number of carbonyl (C=O) groups is 2. The lowest BCUT2D eigenvalue weighted by Gasteiger charge is -2.15. The van der Waals surface area contributed by atoms with E-state index in [0.717, 1.165) is 17.0 Å². The van der Waals surface area contributed by atoms with Gasteiger partial charge in [0.2, 0.25) is 0 Å². The van der Waals surface area contributed by atoms with Gasteiger partial charge in [-0.2, -0.15) is 0 Å². The highest BCUT2D eigenvalue weighted by atomic mass is 16.5.